The Labute approximate surface area is 867 Å². The summed E-state index contributed by atoms with van der Waals surface area (Å²) in [4.78, 5) is 205. The second-order valence-electron chi connectivity index (χ2n) is 37.2. The van der Waals surface area contributed by atoms with Crippen LogP contribution in [0.25, 0.3) is 0 Å². The molecule has 8 aliphatic rings. The molecule has 0 aliphatic carbocycles. The third-order valence-electron chi connectivity index (χ3n) is 22.7. The predicted octanol–water partition coefficient (Wildman–Crippen LogP) is 13.6. The monoisotopic (exact) mass is 2130 g/mol. The van der Waals surface area contributed by atoms with Crippen LogP contribution in [0.5, 0.6) is 0 Å². The van der Waals surface area contributed by atoms with E-state index in [1.54, 1.807) is 63.8 Å². The third-order valence-corrected chi connectivity index (χ3v) is 33.1. The lowest BCUT2D eigenvalue weighted by Gasteiger charge is -2.27. The van der Waals surface area contributed by atoms with E-state index in [1.807, 2.05) is 107 Å². The van der Waals surface area contributed by atoms with Gasteiger partial charge in [0.1, 0.15) is 134 Å². The molecule has 0 saturated heterocycles. The predicted molar refractivity (Wildman–Crippen MR) is 568 cm³/mol. The van der Waals surface area contributed by atoms with Gasteiger partial charge in [-0.05, 0) is 138 Å². The fourth-order valence-corrected chi connectivity index (χ4v) is 23.2. The molecule has 12 atom stereocenters. The zero-order valence-electron chi connectivity index (χ0n) is 82.4. The largest absolute Gasteiger partial charge is 0.456 e. The van der Waals surface area contributed by atoms with Crippen molar-refractivity contribution in [1.29, 1.82) is 0 Å². The average molecular weight is 2140 g/mol. The molecule has 0 radical (unpaired) electrons. The number of thiol groups is 1. The third kappa shape index (κ3) is 36.0. The Bertz CT molecular complexity index is 5240. The number of carbonyl (C=O) groups excluding carboxylic acids is 13. The normalized spacial score (nSPS) is 26.0. The molecule has 140 heavy (non-hydrogen) atoms. The van der Waals surface area contributed by atoms with Gasteiger partial charge in [0.25, 0.3) is 0 Å². The topological polar surface area (TPSA) is 456 Å². The highest BCUT2D eigenvalue weighted by Gasteiger charge is 2.47. The maximum Gasteiger partial charge on any atom is 0.329 e. The number of unbranched alkanes of at least 4 members (excludes halogenated alkanes) is 4. The fourth-order valence-electron chi connectivity index (χ4n) is 14.2. The van der Waals surface area contributed by atoms with Crippen LogP contribution < -0.4 is 42.5 Å². The zero-order chi connectivity index (χ0) is 102. The van der Waals surface area contributed by atoms with Crippen LogP contribution in [0.15, 0.2) is 90.1 Å². The summed E-state index contributed by atoms with van der Waals surface area (Å²) in [5.74, 6) is -0.940. The smallest absolute Gasteiger partial charge is 0.329 e. The molecule has 33 nitrogen and oxygen atoms in total. The van der Waals surface area contributed by atoms with Gasteiger partial charge in [-0.15, -0.1) is 92.4 Å². The Kier molecular flexibility index (Phi) is 46.5. The van der Waals surface area contributed by atoms with Gasteiger partial charge in [-0.2, -0.15) is 24.4 Å². The highest BCUT2D eigenvalue weighted by atomic mass is 32.2. The number of thioether (sulfide) groups is 6. The first-order valence-corrected chi connectivity index (χ1v) is 57.8. The number of fused-ring (bicyclic) bond motifs is 16. The van der Waals surface area contributed by atoms with Gasteiger partial charge < -0.3 is 61.5 Å². The van der Waals surface area contributed by atoms with E-state index in [0.29, 0.717) is 103 Å². The summed E-state index contributed by atoms with van der Waals surface area (Å²) >= 11 is 18.7. The molecule has 44 heteroatoms. The van der Waals surface area contributed by atoms with Crippen molar-refractivity contribution in [3.05, 3.63) is 113 Å². The number of allylic oxidation sites excluding steroid dienone is 4. The van der Waals surface area contributed by atoms with Gasteiger partial charge in [0.15, 0.2) is 5.12 Å². The van der Waals surface area contributed by atoms with Gasteiger partial charge in [-0.1, -0.05) is 138 Å². The Hall–Kier alpha value is -8.08. The second kappa shape index (κ2) is 56.4. The second-order valence-corrected chi connectivity index (χ2v) is 47.4. The summed E-state index contributed by atoms with van der Waals surface area (Å²) in [5, 5.41) is 36.2. The molecule has 766 valence electrons. The van der Waals surface area contributed by atoms with Crippen LogP contribution in [-0.4, -0.2) is 234 Å². The molecule has 0 aromatic carbocycles. The molecule has 0 saturated carbocycles. The first-order valence-electron chi connectivity index (χ1n) is 47.4. The lowest BCUT2D eigenvalue weighted by Crippen LogP contribution is -2.53. The number of hydrogen-bond donors (Lipinski definition) is 9. The van der Waals surface area contributed by atoms with Crippen LogP contribution in [-0.2, 0) is 107 Å². The molecule has 0 fully saturated rings. The van der Waals surface area contributed by atoms with Crippen LogP contribution in [0.3, 0.4) is 0 Å². The number of aliphatic imine (C=N–C) groups is 4. The maximum absolute atomic E-state index is 13.3. The molecule has 8 N–H and O–H groups in total. The van der Waals surface area contributed by atoms with Gasteiger partial charge in [-0.3, -0.25) is 63.1 Å². The van der Waals surface area contributed by atoms with Crippen molar-refractivity contribution in [2.75, 3.05) is 46.5 Å². The first kappa shape index (κ1) is 115. The van der Waals surface area contributed by atoms with Crippen LogP contribution in [0.1, 0.15) is 243 Å². The summed E-state index contributed by atoms with van der Waals surface area (Å²) in [6.07, 6.45) is 23.5. The Morgan fingerprint density at radius 2 is 0.693 bits per heavy atom. The molecule has 4 aromatic rings. The highest BCUT2D eigenvalue weighted by molar-refractivity contribution is 8.15. The number of aromatic nitrogens is 4. The number of amides is 8. The van der Waals surface area contributed by atoms with E-state index < -0.39 is 94.6 Å². The molecular formula is C96H134N16O17S11. The van der Waals surface area contributed by atoms with Crippen molar-refractivity contribution >= 4 is 225 Å². The van der Waals surface area contributed by atoms with E-state index in [1.165, 1.54) is 123 Å². The number of nitrogens with one attached hydrogen (secondary N) is 8. The zero-order valence-corrected chi connectivity index (χ0v) is 91.4. The Balaban J connectivity index is 0.000000210. The minimum Gasteiger partial charge on any atom is -0.456 e. The van der Waals surface area contributed by atoms with Crippen molar-refractivity contribution in [2.45, 2.75) is 297 Å². The summed E-state index contributed by atoms with van der Waals surface area (Å²) in [5.41, 5.74) is -1.26. The van der Waals surface area contributed by atoms with Crippen molar-refractivity contribution in [2.24, 2.45) is 49.6 Å². The average Bonchev–Trinajstić information content (AvgIpc) is 1.66. The molecule has 8 aliphatic heterocycles. The van der Waals surface area contributed by atoms with Gasteiger partial charge in [0.05, 0.1) is 51.9 Å². The number of rotatable bonds is 25. The van der Waals surface area contributed by atoms with Gasteiger partial charge in [0.2, 0.25) is 47.3 Å². The minimum absolute atomic E-state index is 0.00118. The van der Waals surface area contributed by atoms with Gasteiger partial charge in [-0.25, -0.2) is 39.1 Å². The molecule has 12 rings (SSSR count). The van der Waals surface area contributed by atoms with E-state index in [-0.39, 0.29) is 128 Å². The number of thiazole rings is 4. The van der Waals surface area contributed by atoms with Crippen LogP contribution in [0, 0.1) is 29.6 Å². The Morgan fingerprint density at radius 1 is 0.414 bits per heavy atom. The van der Waals surface area contributed by atoms with E-state index >= 15 is 0 Å². The molecule has 4 unspecified atom stereocenters. The van der Waals surface area contributed by atoms with Crippen molar-refractivity contribution in [3.8, 4) is 0 Å². The van der Waals surface area contributed by atoms with Crippen LogP contribution in [0.2, 0.25) is 0 Å². The number of ether oxygens (including phenoxy) is 4. The molecule has 4 aromatic heterocycles. The van der Waals surface area contributed by atoms with Crippen molar-refractivity contribution < 1.29 is 81.3 Å². The van der Waals surface area contributed by atoms with E-state index in [4.69, 9.17) is 18.9 Å². The highest BCUT2D eigenvalue weighted by Crippen LogP contribution is 2.38. The van der Waals surface area contributed by atoms with Crippen molar-refractivity contribution in [3.63, 3.8) is 0 Å². The lowest BCUT2D eigenvalue weighted by atomic mass is 10.0. The van der Waals surface area contributed by atoms with E-state index in [9.17, 15) is 62.3 Å². The fraction of sp³-hybridized carbons (Fsp3) is 0.615. The van der Waals surface area contributed by atoms with Gasteiger partial charge >= 0.3 is 23.9 Å². The van der Waals surface area contributed by atoms with E-state index in [0.717, 1.165) is 57.9 Å². The molecular weight excluding hydrogens is 2000 g/mol. The summed E-state index contributed by atoms with van der Waals surface area (Å²) in [7, 11) is 0. The van der Waals surface area contributed by atoms with Gasteiger partial charge in [0, 0.05) is 56.7 Å². The number of carbonyl (C=O) groups is 13. The van der Waals surface area contributed by atoms with Crippen LogP contribution in [0.4, 0.5) is 0 Å². The molecule has 12 heterocycles. The standard InChI is InChI=1S/C29H42N4O5S3.C24H34N4O4S2.C22H30N4O4S3.C21H28N4O4S3/c1-5-6-7-8-9-13-24(35)39-14-11-10-12-20-15-22(34)30-16-23-31-21(17-40-23)26-33-29(4,18-41-26)28(37)32-25(19(2)3)27(36)38-20;1-14(2)8-6-7-9-16-10-18(29)25-11-19-26-17(12-33-19)21-28-24(5,13-34-21)23(31)27-20(15(3)4)22(30)32-16;1-13(2)18-20(28)30-14(7-5-6-8-31-4)9-16(27)23-10-17-24-15(11-32-17)19-26-22(3,12-33-19)21(29)25-18;1-12(2)17-19(27)29-13(6-4-5-7-30)8-15(26)22-9-16-23-14(10-31-16)18-25-21(3,11-32-18)20(28)24-17/h10,12,17,19-20,25H,5-9,11,13-16,18H2,1-4H3,(H,30,34)(H,32,37);7,9,12,14-16,20H,6,8,10-11,13H2,1-5H3,(H,25,29)(H,27,31);5,7,11,13-14,18H,6,8-10,12H2,1-4H3,(H,23,27)(H,25,29);4,6,10,12-13,17,30H,5,7-9,11H2,1-3H3,(H,22,26)(H,24,28)/b12-10+;9-7+;7-5+;6-4+/t20?,25-,29-;16?,20-,24-;14?,18-,22-;13?,17-,21-/m0000/s1. The lowest BCUT2D eigenvalue weighted by molar-refractivity contribution is -0.154. The summed E-state index contributed by atoms with van der Waals surface area (Å²) in [6, 6.07) is -3.44. The number of nitrogens with zero attached hydrogens (tertiary/aromatic N) is 8. The number of esters is 4. The quantitative estimate of drug-likeness (QED) is 0.00978. The molecule has 8 amide bonds. The first-order chi connectivity index (χ1) is 66.6. The summed E-state index contributed by atoms with van der Waals surface area (Å²) < 4.78 is 22.9. The molecule has 16 bridgehead atoms. The van der Waals surface area contributed by atoms with E-state index in [2.05, 4.69) is 116 Å². The number of cyclic esters (lactones) is 4. The minimum atomic E-state index is -1.04. The molecule has 0 spiro atoms. The number of hydrogen-bond acceptors (Lipinski definition) is 36. The maximum atomic E-state index is 13.3. The Morgan fingerprint density at radius 3 is 0.964 bits per heavy atom. The summed E-state index contributed by atoms with van der Waals surface area (Å²) in [6.45, 7) is 29.3. The van der Waals surface area contributed by atoms with Crippen molar-refractivity contribution in [1.82, 2.24) is 62.5 Å². The SMILES string of the molecule is CC(C)CC/C=C/C1CC(=O)NCc2nc(cs2)C2=N[C@@](C)(CS2)C(=O)N[C@@H](C(C)C)C(=O)O1.CC(C)[C@@H]1NC(=O)[C@]2(C)CSC(=N2)c2csc(n2)CNC(=O)CC(/C=C/CCS)OC1=O.CCCCCCCC(=O)SCC/C=C/C1CC(=O)NCc2nc(cs2)C2=N[C@@](C)(CS2)C(=O)N[C@@H](C(C)C)C(=O)O1.CSCC/C=C/C1CC(=O)NCc2nc(cs2)C2=N[C@@](C)(CS2)C(=O)N[C@@H](C(C)C)C(=O)O1. The van der Waals surface area contributed by atoms with Crippen LogP contribution >= 0.6 is 129 Å².